The average molecular weight is 334 g/mol. The van der Waals surface area contributed by atoms with Crippen LogP contribution in [0.1, 0.15) is 22.8 Å². The topological polar surface area (TPSA) is 32.3 Å². The number of benzene rings is 1. The number of amides is 1. The van der Waals surface area contributed by atoms with Crippen molar-refractivity contribution in [2.75, 3.05) is 19.6 Å². The highest BCUT2D eigenvalue weighted by molar-refractivity contribution is 9.10. The van der Waals surface area contributed by atoms with Gasteiger partial charge in [-0.05, 0) is 31.5 Å². The lowest BCUT2D eigenvalue weighted by Gasteiger charge is -2.34. The predicted octanol–water partition coefficient (Wildman–Crippen LogP) is 2.61. The summed E-state index contributed by atoms with van der Waals surface area (Å²) in [7, 11) is 0. The lowest BCUT2D eigenvalue weighted by Crippen LogP contribution is -2.52. The number of rotatable bonds is 1. The zero-order valence-corrected chi connectivity index (χ0v) is 13.0. The summed E-state index contributed by atoms with van der Waals surface area (Å²) in [4.78, 5) is 14.3. The molecule has 1 aliphatic heterocycles. The van der Waals surface area contributed by atoms with Crippen molar-refractivity contribution in [1.82, 2.24) is 10.2 Å². The van der Waals surface area contributed by atoms with E-state index in [1.807, 2.05) is 30.0 Å². The van der Waals surface area contributed by atoms with Gasteiger partial charge in [0.15, 0.2) is 0 Å². The summed E-state index contributed by atoms with van der Waals surface area (Å²) < 4.78 is 0.992. The first-order chi connectivity index (χ1) is 8.09. The molecule has 18 heavy (non-hydrogen) atoms. The zero-order chi connectivity index (χ0) is 12.4. The molecule has 5 heteroatoms. The third kappa shape index (κ3) is 3.25. The molecule has 100 valence electrons. The molecule has 2 rings (SSSR count). The maximum Gasteiger partial charge on any atom is 0.254 e. The molecule has 0 spiro atoms. The Labute approximate surface area is 122 Å². The molecule has 0 aliphatic carbocycles. The predicted molar refractivity (Wildman–Crippen MR) is 79.5 cm³/mol. The van der Waals surface area contributed by atoms with Gasteiger partial charge in [-0.1, -0.05) is 22.0 Å². The third-order valence-corrected chi connectivity index (χ3v) is 4.04. The standard InChI is InChI=1S/C13H17BrN2O.ClH/c1-9-3-4-11(7-12(9)14)13(17)16-6-5-15-8-10(16)2;/h3-4,7,10,15H,5-6,8H2,1-2H3;1H/t10-;/m1./s1. The Hall–Kier alpha value is -0.580. The first-order valence-corrected chi connectivity index (χ1v) is 6.66. The number of nitrogens with one attached hydrogen (secondary N) is 1. The fourth-order valence-electron chi connectivity index (χ4n) is 2.03. The molecule has 0 saturated carbocycles. The van der Waals surface area contributed by atoms with Gasteiger partial charge in [0.25, 0.3) is 5.91 Å². The number of piperazine rings is 1. The van der Waals surface area contributed by atoms with Gasteiger partial charge in [0.2, 0.25) is 0 Å². The third-order valence-electron chi connectivity index (χ3n) is 3.18. The van der Waals surface area contributed by atoms with Crippen molar-refractivity contribution in [3.63, 3.8) is 0 Å². The lowest BCUT2D eigenvalue weighted by molar-refractivity contribution is 0.0655. The molecular weight excluding hydrogens is 316 g/mol. The van der Waals surface area contributed by atoms with Gasteiger partial charge < -0.3 is 10.2 Å². The van der Waals surface area contributed by atoms with Crippen LogP contribution in [0.2, 0.25) is 0 Å². The molecule has 1 aliphatic rings. The average Bonchev–Trinajstić information content (AvgIpc) is 2.32. The second-order valence-corrected chi connectivity index (χ2v) is 5.37. The van der Waals surface area contributed by atoms with Crippen LogP contribution in [0.5, 0.6) is 0 Å². The summed E-state index contributed by atoms with van der Waals surface area (Å²) >= 11 is 3.47. The van der Waals surface area contributed by atoms with E-state index in [9.17, 15) is 4.79 Å². The zero-order valence-electron chi connectivity index (χ0n) is 10.6. The molecule has 1 amide bonds. The first kappa shape index (κ1) is 15.5. The van der Waals surface area contributed by atoms with Crippen molar-refractivity contribution in [1.29, 1.82) is 0 Å². The van der Waals surface area contributed by atoms with Crippen LogP contribution >= 0.6 is 28.3 Å². The van der Waals surface area contributed by atoms with E-state index in [2.05, 4.69) is 28.2 Å². The van der Waals surface area contributed by atoms with E-state index in [0.717, 1.165) is 35.2 Å². The highest BCUT2D eigenvalue weighted by Crippen LogP contribution is 2.19. The minimum atomic E-state index is 0. The number of halogens is 2. The number of nitrogens with zero attached hydrogens (tertiary/aromatic N) is 1. The molecule has 1 aromatic carbocycles. The molecule has 0 unspecified atom stereocenters. The fraction of sp³-hybridized carbons (Fsp3) is 0.462. The molecule has 1 aromatic rings. The molecule has 1 N–H and O–H groups in total. The van der Waals surface area contributed by atoms with Crippen LogP contribution < -0.4 is 5.32 Å². The van der Waals surface area contributed by atoms with Crippen LogP contribution in [0.15, 0.2) is 22.7 Å². The molecule has 0 aromatic heterocycles. The van der Waals surface area contributed by atoms with Crippen LogP contribution in [-0.2, 0) is 0 Å². The molecule has 3 nitrogen and oxygen atoms in total. The maximum absolute atomic E-state index is 12.4. The largest absolute Gasteiger partial charge is 0.333 e. The Balaban J connectivity index is 0.00000162. The smallest absolute Gasteiger partial charge is 0.254 e. The summed E-state index contributed by atoms with van der Waals surface area (Å²) in [6, 6.07) is 6.05. The van der Waals surface area contributed by atoms with Gasteiger partial charge in [0.1, 0.15) is 0 Å². The Bertz CT molecular complexity index is 439. The fourth-order valence-corrected chi connectivity index (χ4v) is 2.41. The van der Waals surface area contributed by atoms with E-state index < -0.39 is 0 Å². The van der Waals surface area contributed by atoms with Gasteiger partial charge in [0.05, 0.1) is 0 Å². The van der Waals surface area contributed by atoms with E-state index in [-0.39, 0.29) is 24.4 Å². The van der Waals surface area contributed by atoms with E-state index in [4.69, 9.17) is 0 Å². The van der Waals surface area contributed by atoms with Gasteiger partial charge >= 0.3 is 0 Å². The molecule has 1 atom stereocenters. The van der Waals surface area contributed by atoms with Crippen molar-refractivity contribution in [2.24, 2.45) is 0 Å². The number of carbonyl (C=O) groups is 1. The minimum absolute atomic E-state index is 0. The molecule has 0 radical (unpaired) electrons. The van der Waals surface area contributed by atoms with Crippen molar-refractivity contribution in [3.8, 4) is 0 Å². The van der Waals surface area contributed by atoms with E-state index in [1.165, 1.54) is 0 Å². The Morgan fingerprint density at radius 1 is 1.50 bits per heavy atom. The van der Waals surface area contributed by atoms with Crippen LogP contribution in [0.4, 0.5) is 0 Å². The van der Waals surface area contributed by atoms with Gasteiger partial charge in [-0.25, -0.2) is 0 Å². The quantitative estimate of drug-likeness (QED) is 0.857. The highest BCUT2D eigenvalue weighted by atomic mass is 79.9. The van der Waals surface area contributed by atoms with Gasteiger partial charge in [0, 0.05) is 35.7 Å². The second kappa shape index (κ2) is 6.55. The van der Waals surface area contributed by atoms with Crippen molar-refractivity contribution >= 4 is 34.2 Å². The number of hydrogen-bond acceptors (Lipinski definition) is 2. The van der Waals surface area contributed by atoms with Crippen molar-refractivity contribution in [2.45, 2.75) is 19.9 Å². The van der Waals surface area contributed by atoms with Crippen LogP contribution in [0.25, 0.3) is 0 Å². The Kier molecular flexibility index (Phi) is 5.63. The summed E-state index contributed by atoms with van der Waals surface area (Å²) in [6.07, 6.45) is 0. The van der Waals surface area contributed by atoms with Gasteiger partial charge in [-0.15, -0.1) is 12.4 Å². The molecule has 1 saturated heterocycles. The summed E-state index contributed by atoms with van der Waals surface area (Å²) in [5.41, 5.74) is 1.91. The lowest BCUT2D eigenvalue weighted by atomic mass is 10.1. The van der Waals surface area contributed by atoms with E-state index in [1.54, 1.807) is 0 Å². The molecule has 1 fully saturated rings. The van der Waals surface area contributed by atoms with Crippen LogP contribution in [0.3, 0.4) is 0 Å². The van der Waals surface area contributed by atoms with Crippen molar-refractivity contribution < 1.29 is 4.79 Å². The molecule has 0 bridgehead atoms. The van der Waals surface area contributed by atoms with Crippen molar-refractivity contribution in [3.05, 3.63) is 33.8 Å². The second-order valence-electron chi connectivity index (χ2n) is 4.52. The summed E-state index contributed by atoms with van der Waals surface area (Å²) in [5.74, 6) is 0.125. The SMILES string of the molecule is Cc1ccc(C(=O)N2CCNC[C@H]2C)cc1Br.Cl. The summed E-state index contributed by atoms with van der Waals surface area (Å²) in [5, 5.41) is 3.29. The highest BCUT2D eigenvalue weighted by Gasteiger charge is 2.24. The van der Waals surface area contributed by atoms with E-state index in [0.29, 0.717) is 0 Å². The Morgan fingerprint density at radius 3 is 2.83 bits per heavy atom. The minimum Gasteiger partial charge on any atom is -0.333 e. The Morgan fingerprint density at radius 2 is 2.22 bits per heavy atom. The van der Waals surface area contributed by atoms with Crippen LogP contribution in [0, 0.1) is 6.92 Å². The van der Waals surface area contributed by atoms with Gasteiger partial charge in [-0.3, -0.25) is 4.79 Å². The number of hydrogen-bond donors (Lipinski definition) is 1. The maximum atomic E-state index is 12.4. The number of aryl methyl sites for hydroxylation is 1. The van der Waals surface area contributed by atoms with Gasteiger partial charge in [-0.2, -0.15) is 0 Å². The number of carbonyl (C=O) groups excluding carboxylic acids is 1. The summed E-state index contributed by atoms with van der Waals surface area (Å²) in [6.45, 7) is 6.63. The van der Waals surface area contributed by atoms with Crippen LogP contribution in [-0.4, -0.2) is 36.5 Å². The normalized spacial score (nSPS) is 19.3. The molecule has 1 heterocycles. The molecular formula is C13H18BrClN2O. The first-order valence-electron chi connectivity index (χ1n) is 5.87. The van der Waals surface area contributed by atoms with E-state index >= 15 is 0 Å². The monoisotopic (exact) mass is 332 g/mol.